The van der Waals surface area contributed by atoms with E-state index in [1.165, 1.54) is 0 Å². The van der Waals surface area contributed by atoms with E-state index in [0.29, 0.717) is 18.7 Å². The zero-order valence-electron chi connectivity index (χ0n) is 9.69. The molecular weight excluding hydrogens is 218 g/mol. The van der Waals surface area contributed by atoms with Crippen molar-refractivity contribution < 1.29 is 9.53 Å². The number of pyridine rings is 1. The summed E-state index contributed by atoms with van der Waals surface area (Å²) in [5.41, 5.74) is 6.79. The molecule has 0 bridgehead atoms. The smallest absolute Gasteiger partial charge is 0.251 e. The molecule has 1 aliphatic heterocycles. The summed E-state index contributed by atoms with van der Waals surface area (Å²) < 4.78 is 5.44. The average Bonchev–Trinajstić information content (AvgIpc) is 2.89. The quantitative estimate of drug-likeness (QED) is 0.794. The Morgan fingerprint density at radius 2 is 2.53 bits per heavy atom. The number of nitrogens with zero attached hydrogens (tertiary/aromatic N) is 1. The van der Waals surface area contributed by atoms with Gasteiger partial charge in [0, 0.05) is 31.5 Å². The van der Waals surface area contributed by atoms with E-state index in [-0.39, 0.29) is 12.0 Å². The maximum Gasteiger partial charge on any atom is 0.251 e. The lowest BCUT2D eigenvalue weighted by Crippen LogP contribution is -2.31. The van der Waals surface area contributed by atoms with Crippen molar-refractivity contribution in [3.63, 3.8) is 0 Å². The van der Waals surface area contributed by atoms with Gasteiger partial charge in [0.25, 0.3) is 5.91 Å². The van der Waals surface area contributed by atoms with Crippen LogP contribution in [0.2, 0.25) is 0 Å². The molecule has 5 heteroatoms. The lowest BCUT2D eigenvalue weighted by Gasteiger charge is -2.10. The van der Waals surface area contributed by atoms with Crippen LogP contribution in [0.15, 0.2) is 18.3 Å². The number of aromatic nitrogens is 1. The van der Waals surface area contributed by atoms with Crippen LogP contribution in [0.5, 0.6) is 0 Å². The van der Waals surface area contributed by atoms with Gasteiger partial charge in [-0.05, 0) is 25.0 Å². The Balaban J connectivity index is 1.89. The molecule has 17 heavy (non-hydrogen) atoms. The van der Waals surface area contributed by atoms with Gasteiger partial charge in [-0.3, -0.25) is 9.78 Å². The van der Waals surface area contributed by atoms with Gasteiger partial charge in [-0.15, -0.1) is 0 Å². The van der Waals surface area contributed by atoms with Crippen LogP contribution >= 0.6 is 0 Å². The molecule has 2 heterocycles. The van der Waals surface area contributed by atoms with Gasteiger partial charge in [-0.1, -0.05) is 0 Å². The Hall–Kier alpha value is -1.46. The van der Waals surface area contributed by atoms with Crippen LogP contribution in [0, 0.1) is 0 Å². The Labute approximate surface area is 100 Å². The van der Waals surface area contributed by atoms with Crippen molar-refractivity contribution in [1.29, 1.82) is 0 Å². The Bertz CT molecular complexity index is 389. The summed E-state index contributed by atoms with van der Waals surface area (Å²) in [6.45, 7) is 1.71. The Morgan fingerprint density at radius 3 is 3.24 bits per heavy atom. The summed E-state index contributed by atoms with van der Waals surface area (Å²) in [6, 6.07) is 3.40. The topological polar surface area (TPSA) is 77.2 Å². The monoisotopic (exact) mass is 235 g/mol. The molecule has 1 atom stereocenters. The maximum atomic E-state index is 11.8. The first-order valence-corrected chi connectivity index (χ1v) is 5.84. The molecule has 1 aromatic rings. The van der Waals surface area contributed by atoms with Crippen LogP contribution in [0.4, 0.5) is 0 Å². The third-order valence-corrected chi connectivity index (χ3v) is 2.80. The minimum atomic E-state index is -0.0994. The van der Waals surface area contributed by atoms with Crippen LogP contribution in [0.1, 0.15) is 28.9 Å². The van der Waals surface area contributed by atoms with Crippen LogP contribution < -0.4 is 11.1 Å². The number of hydrogen-bond donors (Lipinski definition) is 2. The molecule has 2 rings (SSSR count). The second kappa shape index (κ2) is 5.75. The highest BCUT2D eigenvalue weighted by atomic mass is 16.5. The van der Waals surface area contributed by atoms with Gasteiger partial charge >= 0.3 is 0 Å². The molecule has 0 aliphatic carbocycles. The fourth-order valence-electron chi connectivity index (χ4n) is 1.84. The molecule has 1 aromatic heterocycles. The number of amides is 1. The standard InChI is InChI=1S/C12H17N3O2/c13-7-10-6-9(3-4-14-10)12(16)15-8-11-2-1-5-17-11/h3-4,6,11H,1-2,5,7-8,13H2,(H,15,16). The SMILES string of the molecule is NCc1cc(C(=O)NCC2CCCO2)ccn1. The molecule has 1 saturated heterocycles. The third-order valence-electron chi connectivity index (χ3n) is 2.80. The maximum absolute atomic E-state index is 11.8. The molecule has 5 nitrogen and oxygen atoms in total. The summed E-state index contributed by atoms with van der Waals surface area (Å²) in [4.78, 5) is 15.9. The van der Waals surface area contributed by atoms with E-state index in [0.717, 1.165) is 25.1 Å². The summed E-state index contributed by atoms with van der Waals surface area (Å²) in [5.74, 6) is -0.0994. The van der Waals surface area contributed by atoms with Crippen molar-refractivity contribution >= 4 is 5.91 Å². The highest BCUT2D eigenvalue weighted by molar-refractivity contribution is 5.94. The predicted octanol–water partition coefficient (Wildman–Crippen LogP) is 0.449. The molecule has 0 saturated carbocycles. The molecule has 1 amide bonds. The van der Waals surface area contributed by atoms with Crippen LogP contribution in [0.3, 0.4) is 0 Å². The van der Waals surface area contributed by atoms with Gasteiger partial charge in [-0.2, -0.15) is 0 Å². The Morgan fingerprint density at radius 1 is 1.65 bits per heavy atom. The fraction of sp³-hybridized carbons (Fsp3) is 0.500. The van der Waals surface area contributed by atoms with E-state index >= 15 is 0 Å². The summed E-state index contributed by atoms with van der Waals surface area (Å²) in [7, 11) is 0. The largest absolute Gasteiger partial charge is 0.376 e. The molecule has 1 aliphatic rings. The van der Waals surface area contributed by atoms with Crippen molar-refractivity contribution in [2.75, 3.05) is 13.2 Å². The highest BCUT2D eigenvalue weighted by Crippen LogP contribution is 2.11. The average molecular weight is 235 g/mol. The molecule has 0 radical (unpaired) electrons. The fourth-order valence-corrected chi connectivity index (χ4v) is 1.84. The van der Waals surface area contributed by atoms with Crippen LogP contribution in [0.25, 0.3) is 0 Å². The lowest BCUT2D eigenvalue weighted by atomic mass is 10.2. The van der Waals surface area contributed by atoms with Crippen molar-refractivity contribution in [1.82, 2.24) is 10.3 Å². The first-order chi connectivity index (χ1) is 8.29. The molecular formula is C12H17N3O2. The van der Waals surface area contributed by atoms with Crippen molar-refractivity contribution in [3.05, 3.63) is 29.6 Å². The van der Waals surface area contributed by atoms with Gasteiger partial charge < -0.3 is 15.8 Å². The molecule has 0 spiro atoms. The Kier molecular flexibility index (Phi) is 4.06. The number of rotatable bonds is 4. The molecule has 0 aromatic carbocycles. The summed E-state index contributed by atoms with van der Waals surface area (Å²) in [5, 5.41) is 2.86. The first-order valence-electron chi connectivity index (χ1n) is 5.84. The first kappa shape index (κ1) is 12.0. The number of ether oxygens (including phenoxy) is 1. The van der Waals surface area contributed by atoms with E-state index < -0.39 is 0 Å². The minimum absolute atomic E-state index is 0.0994. The van der Waals surface area contributed by atoms with Gasteiger partial charge in [0.1, 0.15) is 0 Å². The van der Waals surface area contributed by atoms with E-state index in [1.807, 2.05) is 0 Å². The van der Waals surface area contributed by atoms with Crippen molar-refractivity contribution in [2.45, 2.75) is 25.5 Å². The number of nitrogens with two attached hydrogens (primary N) is 1. The second-order valence-corrected chi connectivity index (χ2v) is 4.09. The van der Waals surface area contributed by atoms with Crippen LogP contribution in [-0.4, -0.2) is 30.1 Å². The van der Waals surface area contributed by atoms with Gasteiger partial charge in [0.15, 0.2) is 0 Å². The predicted molar refractivity (Wildman–Crippen MR) is 63.4 cm³/mol. The normalized spacial score (nSPS) is 19.2. The van der Waals surface area contributed by atoms with Gasteiger partial charge in [-0.25, -0.2) is 0 Å². The lowest BCUT2D eigenvalue weighted by molar-refractivity contribution is 0.0857. The van der Waals surface area contributed by atoms with E-state index in [4.69, 9.17) is 10.5 Å². The molecule has 3 N–H and O–H groups in total. The van der Waals surface area contributed by atoms with E-state index in [1.54, 1.807) is 18.3 Å². The van der Waals surface area contributed by atoms with E-state index in [9.17, 15) is 4.79 Å². The van der Waals surface area contributed by atoms with Gasteiger partial charge in [0.2, 0.25) is 0 Å². The van der Waals surface area contributed by atoms with Crippen molar-refractivity contribution in [3.8, 4) is 0 Å². The molecule has 1 unspecified atom stereocenters. The van der Waals surface area contributed by atoms with E-state index in [2.05, 4.69) is 10.3 Å². The third kappa shape index (κ3) is 3.25. The molecule has 1 fully saturated rings. The zero-order chi connectivity index (χ0) is 12.1. The van der Waals surface area contributed by atoms with Crippen LogP contribution in [-0.2, 0) is 11.3 Å². The second-order valence-electron chi connectivity index (χ2n) is 4.09. The summed E-state index contributed by atoms with van der Waals surface area (Å²) >= 11 is 0. The summed E-state index contributed by atoms with van der Waals surface area (Å²) in [6.07, 6.45) is 3.86. The number of nitrogens with one attached hydrogen (secondary N) is 1. The van der Waals surface area contributed by atoms with Crippen molar-refractivity contribution in [2.24, 2.45) is 5.73 Å². The number of carbonyl (C=O) groups is 1. The number of carbonyl (C=O) groups excluding carboxylic acids is 1. The molecule has 92 valence electrons. The minimum Gasteiger partial charge on any atom is -0.376 e. The van der Waals surface area contributed by atoms with Gasteiger partial charge in [0.05, 0.1) is 11.8 Å². The highest BCUT2D eigenvalue weighted by Gasteiger charge is 2.16. The number of hydrogen-bond acceptors (Lipinski definition) is 4. The zero-order valence-corrected chi connectivity index (χ0v) is 9.69.